The van der Waals surface area contributed by atoms with Crippen LogP contribution in [0.15, 0.2) is 0 Å². The Bertz CT molecular complexity index is 324. The molecule has 0 fully saturated rings. The van der Waals surface area contributed by atoms with Gasteiger partial charge in [0.15, 0.2) is 0 Å². The van der Waals surface area contributed by atoms with Crippen LogP contribution in [0, 0.1) is 0 Å². The highest BCUT2D eigenvalue weighted by molar-refractivity contribution is 5.75. The molecule has 18 heavy (non-hydrogen) atoms. The maximum absolute atomic E-state index is 12.6. The van der Waals surface area contributed by atoms with Crippen LogP contribution >= 0.6 is 0 Å². The zero-order valence-electron chi connectivity index (χ0n) is 7.96. The summed E-state index contributed by atoms with van der Waals surface area (Å²) in [4.78, 5) is 10.2. The number of nitrogens with one attached hydrogen (secondary N) is 1. The number of hydrogen-bond donors (Lipinski definition) is 2. The van der Waals surface area contributed by atoms with Gasteiger partial charge in [0, 0.05) is 0 Å². The largest absolute Gasteiger partial charge is 0.460 e. The first kappa shape index (κ1) is 16.8. The van der Waals surface area contributed by atoms with E-state index in [1.54, 1.807) is 0 Å². The van der Waals surface area contributed by atoms with E-state index in [1.165, 1.54) is 0 Å². The summed E-state index contributed by atoms with van der Waals surface area (Å²) in [5, 5.41) is 7.74. The number of hydroxylamine groups is 1. The molecular formula is C6H4F9NO2. The third-order valence-electron chi connectivity index (χ3n) is 1.72. The second kappa shape index (κ2) is 4.48. The van der Waals surface area contributed by atoms with Crippen molar-refractivity contribution < 1.29 is 49.5 Å². The lowest BCUT2D eigenvalue weighted by atomic mass is 10.0. The average molecular weight is 293 g/mol. The van der Waals surface area contributed by atoms with Gasteiger partial charge in [0.1, 0.15) is 0 Å². The molecule has 0 aliphatic carbocycles. The highest BCUT2D eigenvalue weighted by Crippen LogP contribution is 2.53. The van der Waals surface area contributed by atoms with E-state index in [2.05, 4.69) is 0 Å². The van der Waals surface area contributed by atoms with Crippen LogP contribution in [0.1, 0.15) is 6.42 Å². The first-order valence-corrected chi connectivity index (χ1v) is 3.84. The molecule has 0 aromatic heterocycles. The second-order valence-electron chi connectivity index (χ2n) is 3.06. The lowest BCUT2D eigenvalue weighted by Gasteiger charge is -2.33. The molecule has 0 atom stereocenters. The maximum Gasteiger partial charge on any atom is 0.460 e. The fourth-order valence-corrected chi connectivity index (χ4v) is 0.760. The summed E-state index contributed by atoms with van der Waals surface area (Å²) in [5.41, 5.74) is 0.405. The quantitative estimate of drug-likeness (QED) is 0.475. The highest BCUT2D eigenvalue weighted by atomic mass is 19.4. The number of rotatable bonds is 4. The van der Waals surface area contributed by atoms with Crippen LogP contribution in [0.3, 0.4) is 0 Å². The van der Waals surface area contributed by atoms with Crippen molar-refractivity contribution >= 4 is 5.91 Å². The number of amides is 1. The van der Waals surface area contributed by atoms with Crippen LogP contribution in [0.2, 0.25) is 0 Å². The molecule has 0 radical (unpaired) electrons. The first-order chi connectivity index (χ1) is 7.70. The average Bonchev–Trinajstić information content (AvgIpc) is 2.14. The zero-order chi connectivity index (χ0) is 15.0. The number of alkyl halides is 9. The Kier molecular flexibility index (Phi) is 4.18. The van der Waals surface area contributed by atoms with Crippen LogP contribution in [-0.2, 0) is 4.79 Å². The molecule has 2 N–H and O–H groups in total. The molecule has 1 amide bonds. The van der Waals surface area contributed by atoms with Crippen molar-refractivity contribution in [2.75, 3.05) is 0 Å². The van der Waals surface area contributed by atoms with Gasteiger partial charge in [-0.3, -0.25) is 10.0 Å². The van der Waals surface area contributed by atoms with Crippen LogP contribution in [0.4, 0.5) is 39.5 Å². The molecule has 0 saturated heterocycles. The van der Waals surface area contributed by atoms with Gasteiger partial charge in [-0.15, -0.1) is 0 Å². The molecule has 0 rings (SSSR count). The van der Waals surface area contributed by atoms with E-state index in [-0.39, 0.29) is 0 Å². The topological polar surface area (TPSA) is 49.3 Å². The summed E-state index contributed by atoms with van der Waals surface area (Å²) >= 11 is 0. The first-order valence-electron chi connectivity index (χ1n) is 3.84. The van der Waals surface area contributed by atoms with E-state index in [0.29, 0.717) is 5.48 Å². The molecule has 0 aliphatic heterocycles. The zero-order valence-corrected chi connectivity index (χ0v) is 7.96. The van der Waals surface area contributed by atoms with Crippen molar-refractivity contribution in [1.82, 2.24) is 5.48 Å². The SMILES string of the molecule is O=C(CC(F)(F)C(F)(F)C(F)(F)C(F)(F)F)NO. The Labute approximate surface area is 92.5 Å². The van der Waals surface area contributed by atoms with Gasteiger partial charge in [-0.2, -0.15) is 39.5 Å². The molecule has 12 heteroatoms. The predicted molar refractivity (Wildman–Crippen MR) is 35.4 cm³/mol. The van der Waals surface area contributed by atoms with Gasteiger partial charge in [-0.05, 0) is 0 Å². The minimum absolute atomic E-state index is 0.405. The molecule has 0 heterocycles. The lowest BCUT2D eigenvalue weighted by molar-refractivity contribution is -0.395. The van der Waals surface area contributed by atoms with Gasteiger partial charge in [0.2, 0.25) is 5.91 Å². The minimum Gasteiger partial charge on any atom is -0.289 e. The Morgan fingerprint density at radius 2 is 1.28 bits per heavy atom. The molecule has 0 aliphatic rings. The summed E-state index contributed by atoms with van der Waals surface area (Å²) in [6.45, 7) is 0. The Morgan fingerprint density at radius 1 is 0.889 bits per heavy atom. The molecule has 0 aromatic rings. The number of carbonyl (C=O) groups is 1. The molecule has 0 unspecified atom stereocenters. The Hall–Kier alpha value is -1.20. The standard InChI is InChI=1S/C6H4F9NO2/c7-3(8,1-2(17)16-18)4(9,10)5(11,12)6(13,14)15/h18H,1H2,(H,16,17). The lowest BCUT2D eigenvalue weighted by Crippen LogP contribution is -2.61. The van der Waals surface area contributed by atoms with Crippen LogP contribution in [0.25, 0.3) is 0 Å². The fourth-order valence-electron chi connectivity index (χ4n) is 0.760. The Morgan fingerprint density at radius 3 is 1.56 bits per heavy atom. The van der Waals surface area contributed by atoms with Gasteiger partial charge in [0.25, 0.3) is 0 Å². The van der Waals surface area contributed by atoms with Crippen LogP contribution in [0.5, 0.6) is 0 Å². The third-order valence-corrected chi connectivity index (χ3v) is 1.72. The number of carbonyl (C=O) groups excluding carboxylic acids is 1. The summed E-state index contributed by atoms with van der Waals surface area (Å²) in [6.07, 6.45) is -9.68. The molecule has 3 nitrogen and oxygen atoms in total. The van der Waals surface area contributed by atoms with Crippen LogP contribution in [-0.4, -0.2) is 35.1 Å². The fraction of sp³-hybridized carbons (Fsp3) is 0.833. The van der Waals surface area contributed by atoms with Gasteiger partial charge in [0.05, 0.1) is 6.42 Å². The van der Waals surface area contributed by atoms with Crippen LogP contribution < -0.4 is 5.48 Å². The number of hydrogen-bond acceptors (Lipinski definition) is 2. The maximum atomic E-state index is 12.6. The monoisotopic (exact) mass is 293 g/mol. The van der Waals surface area contributed by atoms with Gasteiger partial charge in [-0.25, -0.2) is 5.48 Å². The summed E-state index contributed by atoms with van der Waals surface area (Å²) < 4.78 is 109. The minimum atomic E-state index is -7.04. The van der Waals surface area contributed by atoms with E-state index in [4.69, 9.17) is 5.21 Å². The smallest absolute Gasteiger partial charge is 0.289 e. The van der Waals surface area contributed by atoms with E-state index in [0.717, 1.165) is 0 Å². The van der Waals surface area contributed by atoms with Gasteiger partial charge >= 0.3 is 23.9 Å². The van der Waals surface area contributed by atoms with E-state index < -0.39 is 36.3 Å². The summed E-state index contributed by atoms with van der Waals surface area (Å²) in [5.74, 6) is -22.2. The van der Waals surface area contributed by atoms with E-state index in [9.17, 15) is 44.3 Å². The van der Waals surface area contributed by atoms with Crippen molar-refractivity contribution in [3.63, 3.8) is 0 Å². The molecule has 0 spiro atoms. The van der Waals surface area contributed by atoms with Crippen molar-refractivity contribution in [3.05, 3.63) is 0 Å². The molecular weight excluding hydrogens is 289 g/mol. The van der Waals surface area contributed by atoms with Crippen molar-refractivity contribution in [1.29, 1.82) is 0 Å². The second-order valence-corrected chi connectivity index (χ2v) is 3.06. The molecule has 0 bridgehead atoms. The van der Waals surface area contributed by atoms with Crippen molar-refractivity contribution in [3.8, 4) is 0 Å². The number of halogens is 9. The molecule has 0 saturated carbocycles. The summed E-state index contributed by atoms with van der Waals surface area (Å²) in [7, 11) is 0. The molecule has 0 aromatic carbocycles. The van der Waals surface area contributed by atoms with E-state index in [1.807, 2.05) is 0 Å². The normalized spacial score (nSPS) is 14.6. The third kappa shape index (κ3) is 2.62. The summed E-state index contributed by atoms with van der Waals surface area (Å²) in [6, 6.07) is 0. The van der Waals surface area contributed by atoms with Crippen molar-refractivity contribution in [2.45, 2.75) is 30.4 Å². The van der Waals surface area contributed by atoms with Crippen molar-refractivity contribution in [2.24, 2.45) is 0 Å². The Balaban J connectivity index is 5.42. The highest BCUT2D eigenvalue weighted by Gasteiger charge is 2.81. The van der Waals surface area contributed by atoms with Gasteiger partial charge in [-0.1, -0.05) is 0 Å². The predicted octanol–water partition coefficient (Wildman–Crippen LogP) is 2.35. The van der Waals surface area contributed by atoms with E-state index >= 15 is 0 Å². The van der Waals surface area contributed by atoms with Gasteiger partial charge < -0.3 is 0 Å². The molecule has 108 valence electrons.